The van der Waals surface area contributed by atoms with E-state index in [9.17, 15) is 9.59 Å². The molecule has 5 heteroatoms. The van der Waals surface area contributed by atoms with Crippen LogP contribution < -0.4 is 0 Å². The van der Waals surface area contributed by atoms with Gasteiger partial charge in [-0.15, -0.1) is 0 Å². The highest BCUT2D eigenvalue weighted by molar-refractivity contribution is 5.71. The number of hydrogen-bond donors (Lipinski definition) is 0. The van der Waals surface area contributed by atoms with Crippen LogP contribution in [0.4, 0.5) is 4.79 Å². The molecule has 2 bridgehead atoms. The number of hydrogen-bond acceptors (Lipinski definition) is 4. The van der Waals surface area contributed by atoms with Crippen molar-refractivity contribution in [3.63, 3.8) is 0 Å². The number of piperidine rings is 1. The SMILES string of the molecule is CC(C)(C)OC(=O)N1[C@@H]2CC[C@H]1C[C@](C=O)(CC#N)C2. The van der Waals surface area contributed by atoms with Gasteiger partial charge in [-0.25, -0.2) is 4.79 Å². The lowest BCUT2D eigenvalue weighted by molar-refractivity contribution is -0.120. The first-order valence-corrected chi connectivity index (χ1v) is 7.15. The van der Waals surface area contributed by atoms with E-state index in [1.54, 1.807) is 4.90 Å². The zero-order chi connectivity index (χ0) is 15.0. The van der Waals surface area contributed by atoms with Gasteiger partial charge in [0.1, 0.15) is 11.9 Å². The van der Waals surface area contributed by atoms with Gasteiger partial charge in [-0.2, -0.15) is 5.26 Å². The zero-order valence-corrected chi connectivity index (χ0v) is 12.4. The minimum absolute atomic E-state index is 0.0298. The molecule has 3 atom stereocenters. The second-order valence-corrected chi connectivity index (χ2v) is 7.00. The maximum atomic E-state index is 12.3. The smallest absolute Gasteiger partial charge is 0.410 e. The highest BCUT2D eigenvalue weighted by atomic mass is 16.6. The molecule has 0 radical (unpaired) electrons. The molecule has 0 aliphatic carbocycles. The molecule has 2 saturated heterocycles. The third-order valence-electron chi connectivity index (χ3n) is 4.19. The van der Waals surface area contributed by atoms with Crippen LogP contribution in [0, 0.1) is 16.7 Å². The zero-order valence-electron chi connectivity index (χ0n) is 12.4. The molecule has 0 aromatic carbocycles. The van der Waals surface area contributed by atoms with Crippen LogP contribution in [0.25, 0.3) is 0 Å². The number of carbonyl (C=O) groups is 2. The summed E-state index contributed by atoms with van der Waals surface area (Å²) in [7, 11) is 0. The maximum absolute atomic E-state index is 12.3. The van der Waals surface area contributed by atoms with Crippen molar-refractivity contribution >= 4 is 12.4 Å². The molecular weight excluding hydrogens is 256 g/mol. The first-order valence-electron chi connectivity index (χ1n) is 7.15. The van der Waals surface area contributed by atoms with E-state index < -0.39 is 11.0 Å². The summed E-state index contributed by atoms with van der Waals surface area (Å²) in [5.74, 6) is 0. The first-order chi connectivity index (χ1) is 9.30. The van der Waals surface area contributed by atoms with Crippen LogP contribution in [0.5, 0.6) is 0 Å². The molecule has 2 heterocycles. The Labute approximate surface area is 119 Å². The summed E-state index contributed by atoms with van der Waals surface area (Å²) in [6, 6.07) is 2.17. The highest BCUT2D eigenvalue weighted by Gasteiger charge is 2.50. The van der Waals surface area contributed by atoms with Gasteiger partial charge in [0.15, 0.2) is 0 Å². The molecule has 0 unspecified atom stereocenters. The minimum Gasteiger partial charge on any atom is -0.444 e. The number of amides is 1. The Morgan fingerprint density at radius 1 is 1.40 bits per heavy atom. The van der Waals surface area contributed by atoms with Gasteiger partial charge in [0.05, 0.1) is 6.07 Å². The fraction of sp³-hybridized carbons (Fsp3) is 0.800. The lowest BCUT2D eigenvalue weighted by Gasteiger charge is -2.43. The number of rotatable bonds is 2. The van der Waals surface area contributed by atoms with Crippen LogP contribution in [0.3, 0.4) is 0 Å². The van der Waals surface area contributed by atoms with Crippen molar-refractivity contribution in [3.8, 4) is 6.07 Å². The largest absolute Gasteiger partial charge is 0.444 e. The maximum Gasteiger partial charge on any atom is 0.410 e. The Kier molecular flexibility index (Phi) is 3.77. The highest BCUT2D eigenvalue weighted by Crippen LogP contribution is 2.46. The van der Waals surface area contributed by atoms with E-state index in [2.05, 4.69) is 6.07 Å². The van der Waals surface area contributed by atoms with E-state index in [1.807, 2.05) is 20.8 Å². The molecule has 0 aromatic heterocycles. The summed E-state index contributed by atoms with van der Waals surface area (Å²) in [4.78, 5) is 25.5. The van der Waals surface area contributed by atoms with Crippen LogP contribution in [0.1, 0.15) is 52.9 Å². The van der Waals surface area contributed by atoms with Crippen molar-refractivity contribution in [1.29, 1.82) is 5.26 Å². The third-order valence-corrected chi connectivity index (χ3v) is 4.19. The topological polar surface area (TPSA) is 70.4 Å². The summed E-state index contributed by atoms with van der Waals surface area (Å²) < 4.78 is 5.45. The molecule has 0 saturated carbocycles. The number of fused-ring (bicyclic) bond motifs is 2. The molecule has 20 heavy (non-hydrogen) atoms. The van der Waals surface area contributed by atoms with Gasteiger partial charge >= 0.3 is 6.09 Å². The molecule has 1 amide bonds. The number of nitriles is 1. The van der Waals surface area contributed by atoms with E-state index in [0.717, 1.165) is 19.1 Å². The Balaban J connectivity index is 2.13. The van der Waals surface area contributed by atoms with E-state index in [1.165, 1.54) is 0 Å². The Morgan fingerprint density at radius 2 is 1.95 bits per heavy atom. The van der Waals surface area contributed by atoms with Gasteiger partial charge in [-0.05, 0) is 46.5 Å². The van der Waals surface area contributed by atoms with E-state index in [0.29, 0.717) is 12.8 Å². The van der Waals surface area contributed by atoms with Gasteiger partial charge in [-0.1, -0.05) is 0 Å². The molecule has 0 aromatic rings. The van der Waals surface area contributed by atoms with Crippen LogP contribution >= 0.6 is 0 Å². The molecule has 110 valence electrons. The molecule has 0 spiro atoms. The lowest BCUT2D eigenvalue weighted by atomic mass is 9.74. The van der Waals surface area contributed by atoms with Crippen molar-refractivity contribution in [2.45, 2.75) is 70.6 Å². The van der Waals surface area contributed by atoms with Crippen molar-refractivity contribution < 1.29 is 14.3 Å². The second kappa shape index (κ2) is 5.08. The van der Waals surface area contributed by atoms with Crippen molar-refractivity contribution in [2.75, 3.05) is 0 Å². The molecule has 2 rings (SSSR count). The summed E-state index contributed by atoms with van der Waals surface area (Å²) >= 11 is 0. The predicted molar refractivity (Wildman–Crippen MR) is 72.8 cm³/mol. The molecule has 5 nitrogen and oxygen atoms in total. The monoisotopic (exact) mass is 278 g/mol. The third kappa shape index (κ3) is 2.79. The standard InChI is InChI=1S/C15H22N2O3/c1-14(2,3)20-13(19)17-11-4-5-12(17)9-15(8-11,10-18)6-7-16/h10-12H,4-6,8-9H2,1-3H3/t11-,12+,15+. The molecule has 2 aliphatic heterocycles. The average Bonchev–Trinajstić information content (AvgIpc) is 2.61. The number of aldehydes is 1. The van der Waals surface area contributed by atoms with E-state index in [-0.39, 0.29) is 24.6 Å². The molecular formula is C15H22N2O3. The summed E-state index contributed by atoms with van der Waals surface area (Å²) in [5, 5.41) is 8.92. The van der Waals surface area contributed by atoms with Crippen LogP contribution in [-0.4, -0.2) is 35.0 Å². The Morgan fingerprint density at radius 3 is 2.35 bits per heavy atom. The molecule has 0 N–H and O–H groups in total. The summed E-state index contributed by atoms with van der Waals surface area (Å²) in [6.45, 7) is 5.55. The number of nitrogens with zero attached hydrogens (tertiary/aromatic N) is 2. The van der Waals surface area contributed by atoms with Gasteiger partial charge in [0, 0.05) is 23.9 Å². The molecule has 2 fully saturated rings. The van der Waals surface area contributed by atoms with E-state index in [4.69, 9.17) is 10.00 Å². The van der Waals surface area contributed by atoms with Crippen molar-refractivity contribution in [2.24, 2.45) is 5.41 Å². The van der Waals surface area contributed by atoms with Gasteiger partial charge in [0.25, 0.3) is 0 Å². The summed E-state index contributed by atoms with van der Waals surface area (Å²) in [5.41, 5.74) is -1.08. The van der Waals surface area contributed by atoms with E-state index >= 15 is 0 Å². The summed E-state index contributed by atoms with van der Waals surface area (Å²) in [6.07, 6.45) is 3.83. The molecule has 2 aliphatic rings. The average molecular weight is 278 g/mol. The quantitative estimate of drug-likeness (QED) is 0.728. The Bertz CT molecular complexity index is 433. The fourth-order valence-electron chi connectivity index (χ4n) is 3.44. The van der Waals surface area contributed by atoms with Crippen molar-refractivity contribution in [3.05, 3.63) is 0 Å². The second-order valence-electron chi connectivity index (χ2n) is 7.00. The fourth-order valence-corrected chi connectivity index (χ4v) is 3.44. The Hall–Kier alpha value is -1.57. The lowest BCUT2D eigenvalue weighted by Crippen LogP contribution is -2.52. The normalized spacial score (nSPS) is 32.6. The van der Waals surface area contributed by atoms with Gasteiger partial charge < -0.3 is 14.4 Å². The first kappa shape index (κ1) is 14.8. The minimum atomic E-state index is -0.570. The van der Waals surface area contributed by atoms with Crippen LogP contribution in [-0.2, 0) is 9.53 Å². The van der Waals surface area contributed by atoms with Crippen molar-refractivity contribution in [1.82, 2.24) is 4.90 Å². The number of carbonyl (C=O) groups excluding carboxylic acids is 2. The van der Waals surface area contributed by atoms with Gasteiger partial charge in [0.2, 0.25) is 0 Å². The predicted octanol–water partition coefficient (Wildman–Crippen LogP) is 2.65. The van der Waals surface area contributed by atoms with Crippen LogP contribution in [0.15, 0.2) is 0 Å². The number of ether oxygens (including phenoxy) is 1. The van der Waals surface area contributed by atoms with Gasteiger partial charge in [-0.3, -0.25) is 0 Å². The van der Waals surface area contributed by atoms with Crippen LogP contribution in [0.2, 0.25) is 0 Å².